The summed E-state index contributed by atoms with van der Waals surface area (Å²) >= 11 is 0. The minimum atomic E-state index is -3.40. The second-order valence-electron chi connectivity index (χ2n) is 8.03. The third-order valence-electron chi connectivity index (χ3n) is 5.37. The van der Waals surface area contributed by atoms with E-state index in [1.807, 2.05) is 60.7 Å². The van der Waals surface area contributed by atoms with Crippen LogP contribution in [0.1, 0.15) is 40.4 Å². The molecule has 0 aliphatic rings. The maximum atomic E-state index is 13.4. The molecule has 0 unspecified atom stereocenters. The van der Waals surface area contributed by atoms with Gasteiger partial charge in [-0.05, 0) is 36.1 Å². The van der Waals surface area contributed by atoms with Crippen molar-refractivity contribution in [2.24, 2.45) is 0 Å². The van der Waals surface area contributed by atoms with Gasteiger partial charge in [-0.2, -0.15) is 0 Å². The number of hydrogen-bond donors (Lipinski definition) is 3. The van der Waals surface area contributed by atoms with Gasteiger partial charge in [0.2, 0.25) is 10.0 Å². The maximum absolute atomic E-state index is 13.4. The van der Waals surface area contributed by atoms with Crippen LogP contribution in [0.25, 0.3) is 0 Å². The van der Waals surface area contributed by atoms with Crippen LogP contribution in [0, 0.1) is 0 Å². The van der Waals surface area contributed by atoms with Crippen LogP contribution in [0.15, 0.2) is 83.8 Å². The van der Waals surface area contributed by atoms with Gasteiger partial charge in [-0.25, -0.2) is 17.9 Å². The monoisotopic (exact) mass is 497 g/mol. The predicted molar refractivity (Wildman–Crippen MR) is 132 cm³/mol. The molecule has 184 valence electrons. The highest BCUT2D eigenvalue weighted by atomic mass is 32.2. The van der Waals surface area contributed by atoms with E-state index in [-0.39, 0.29) is 24.9 Å². The molecular weight excluding hydrogens is 470 g/mol. The Morgan fingerprint density at radius 2 is 1.51 bits per heavy atom. The molecule has 10 heteroatoms. The Hall–Kier alpha value is -3.76. The molecule has 0 spiro atoms. The molecule has 1 amide bonds. The highest BCUT2D eigenvalue weighted by Gasteiger charge is 2.24. The quantitative estimate of drug-likeness (QED) is 0.347. The number of carbonyl (C=O) groups excluding carboxylic acids is 1. The molecule has 1 atom stereocenters. The number of carbonyl (C=O) groups is 2. The Balaban J connectivity index is 1.87. The van der Waals surface area contributed by atoms with Crippen molar-refractivity contribution in [2.75, 3.05) is 12.8 Å². The van der Waals surface area contributed by atoms with E-state index >= 15 is 0 Å². The van der Waals surface area contributed by atoms with Crippen LogP contribution in [-0.4, -0.2) is 48.8 Å². The van der Waals surface area contributed by atoms with E-state index in [9.17, 15) is 27.9 Å². The Morgan fingerprint density at radius 3 is 2.03 bits per heavy atom. The van der Waals surface area contributed by atoms with Gasteiger partial charge in [0.25, 0.3) is 11.5 Å². The Bertz CT molecular complexity index is 1280. The topological polar surface area (TPSA) is 135 Å². The van der Waals surface area contributed by atoms with E-state index in [0.717, 1.165) is 17.4 Å². The van der Waals surface area contributed by atoms with Crippen molar-refractivity contribution in [1.82, 2.24) is 14.6 Å². The van der Waals surface area contributed by atoms with E-state index in [1.165, 1.54) is 10.6 Å². The normalized spacial score (nSPS) is 12.3. The first-order valence-electron chi connectivity index (χ1n) is 11.0. The van der Waals surface area contributed by atoms with Crippen LogP contribution < -0.4 is 15.6 Å². The van der Waals surface area contributed by atoms with Crippen LogP contribution in [0.5, 0.6) is 0 Å². The molecule has 0 radical (unpaired) electrons. The van der Waals surface area contributed by atoms with Gasteiger partial charge in [0.05, 0.1) is 12.3 Å². The molecule has 3 aromatic rings. The van der Waals surface area contributed by atoms with Crippen LogP contribution in [0.2, 0.25) is 0 Å². The number of pyridine rings is 1. The third kappa shape index (κ3) is 7.11. The van der Waals surface area contributed by atoms with Crippen molar-refractivity contribution in [1.29, 1.82) is 0 Å². The minimum Gasteiger partial charge on any atom is -0.480 e. The van der Waals surface area contributed by atoms with Crippen LogP contribution in [0.3, 0.4) is 0 Å². The summed E-state index contributed by atoms with van der Waals surface area (Å²) in [4.78, 5) is 38.0. The van der Waals surface area contributed by atoms with Crippen molar-refractivity contribution in [3.63, 3.8) is 0 Å². The zero-order chi connectivity index (χ0) is 25.4. The fraction of sp³-hybridized carbons (Fsp3) is 0.240. The number of aliphatic carboxylic acids is 1. The molecular formula is C25H27N3O6S. The molecule has 0 aliphatic heterocycles. The van der Waals surface area contributed by atoms with E-state index in [4.69, 9.17) is 0 Å². The standard InChI is InChI=1S/C25H27N3O6S/c1-35(33,34)26-16-8-15-21(25(31)32)27-23(29)20-14-9-17-28(24(20)30)22(18-10-4-2-5-11-18)19-12-6-3-7-13-19/h2-7,9-14,17,21-22,26H,8,15-16H2,1H3,(H,27,29)(H,31,32)/t21-/m0/s1. The number of aromatic nitrogens is 1. The molecule has 1 aromatic heterocycles. The zero-order valence-electron chi connectivity index (χ0n) is 19.1. The van der Waals surface area contributed by atoms with Crippen LogP contribution >= 0.6 is 0 Å². The van der Waals surface area contributed by atoms with Gasteiger partial charge in [-0.3, -0.25) is 9.59 Å². The molecule has 0 saturated carbocycles. The number of carboxylic acids is 1. The summed E-state index contributed by atoms with van der Waals surface area (Å²) in [6.45, 7) is 0.0342. The largest absolute Gasteiger partial charge is 0.480 e. The van der Waals surface area contributed by atoms with Crippen LogP contribution in [-0.2, 0) is 14.8 Å². The van der Waals surface area contributed by atoms with Crippen molar-refractivity contribution in [2.45, 2.75) is 24.9 Å². The summed E-state index contributed by atoms with van der Waals surface area (Å²) in [6.07, 6.45) is 2.77. The minimum absolute atomic E-state index is 0.0126. The number of nitrogens with one attached hydrogen (secondary N) is 2. The molecule has 0 fully saturated rings. The molecule has 3 rings (SSSR count). The first-order valence-corrected chi connectivity index (χ1v) is 12.9. The van der Waals surface area contributed by atoms with E-state index in [2.05, 4.69) is 10.0 Å². The number of nitrogens with zero attached hydrogens (tertiary/aromatic N) is 1. The van der Waals surface area contributed by atoms with Crippen molar-refractivity contribution in [3.05, 3.63) is 106 Å². The highest BCUT2D eigenvalue weighted by Crippen LogP contribution is 2.25. The summed E-state index contributed by atoms with van der Waals surface area (Å²) in [6, 6.07) is 19.9. The molecule has 1 heterocycles. The van der Waals surface area contributed by atoms with Gasteiger partial charge in [-0.15, -0.1) is 0 Å². The first kappa shape index (κ1) is 25.9. The molecule has 3 N–H and O–H groups in total. The molecule has 0 saturated heterocycles. The number of amides is 1. The SMILES string of the molecule is CS(=O)(=O)NCCC[C@H](NC(=O)c1cccn(C(c2ccccc2)c2ccccc2)c1=O)C(=O)O. The molecule has 0 aliphatic carbocycles. The number of rotatable bonds is 11. The summed E-state index contributed by atoms with van der Waals surface area (Å²) in [5.41, 5.74) is 0.941. The van der Waals surface area contributed by atoms with Gasteiger partial charge in [0, 0.05) is 12.7 Å². The molecule has 2 aromatic carbocycles. The van der Waals surface area contributed by atoms with Gasteiger partial charge < -0.3 is 15.0 Å². The smallest absolute Gasteiger partial charge is 0.326 e. The highest BCUT2D eigenvalue weighted by molar-refractivity contribution is 7.88. The van der Waals surface area contributed by atoms with Gasteiger partial charge in [0.15, 0.2) is 0 Å². The van der Waals surface area contributed by atoms with E-state index < -0.39 is 39.5 Å². The number of sulfonamides is 1. The van der Waals surface area contributed by atoms with Crippen molar-refractivity contribution in [3.8, 4) is 0 Å². The second kappa shape index (κ2) is 11.6. The summed E-state index contributed by atoms with van der Waals surface area (Å²) in [5.74, 6) is -2.09. The lowest BCUT2D eigenvalue weighted by Crippen LogP contribution is -2.43. The third-order valence-corrected chi connectivity index (χ3v) is 6.09. The summed E-state index contributed by atoms with van der Waals surface area (Å²) in [5, 5.41) is 11.9. The molecule has 9 nitrogen and oxygen atoms in total. The number of hydrogen-bond acceptors (Lipinski definition) is 5. The van der Waals surface area contributed by atoms with Crippen LogP contribution in [0.4, 0.5) is 0 Å². The lowest BCUT2D eigenvalue weighted by atomic mass is 9.98. The van der Waals surface area contributed by atoms with E-state index in [0.29, 0.717) is 0 Å². The Morgan fingerprint density at radius 1 is 0.943 bits per heavy atom. The number of benzene rings is 2. The lowest BCUT2D eigenvalue weighted by molar-refractivity contribution is -0.139. The van der Waals surface area contributed by atoms with Crippen molar-refractivity contribution >= 4 is 21.9 Å². The van der Waals surface area contributed by atoms with Gasteiger partial charge in [-0.1, -0.05) is 60.7 Å². The second-order valence-corrected chi connectivity index (χ2v) is 9.86. The summed E-state index contributed by atoms with van der Waals surface area (Å²) in [7, 11) is -3.40. The zero-order valence-corrected chi connectivity index (χ0v) is 19.9. The average molecular weight is 498 g/mol. The van der Waals surface area contributed by atoms with Crippen molar-refractivity contribution < 1.29 is 23.1 Å². The fourth-order valence-corrected chi connectivity index (χ4v) is 4.24. The molecule has 35 heavy (non-hydrogen) atoms. The summed E-state index contributed by atoms with van der Waals surface area (Å²) < 4.78 is 26.1. The predicted octanol–water partition coefficient (Wildman–Crippen LogP) is 2.00. The van der Waals surface area contributed by atoms with E-state index in [1.54, 1.807) is 12.3 Å². The first-order chi connectivity index (χ1) is 16.7. The maximum Gasteiger partial charge on any atom is 0.326 e. The average Bonchev–Trinajstić information content (AvgIpc) is 2.83. The molecule has 0 bridgehead atoms. The Labute approximate surface area is 203 Å². The van der Waals surface area contributed by atoms with Gasteiger partial charge >= 0.3 is 5.97 Å². The van der Waals surface area contributed by atoms with Gasteiger partial charge in [0.1, 0.15) is 11.6 Å². The fourth-order valence-electron chi connectivity index (χ4n) is 3.73. The Kier molecular flexibility index (Phi) is 8.56. The lowest BCUT2D eigenvalue weighted by Gasteiger charge is -2.22. The number of carboxylic acid groups (broad SMARTS) is 1.